The van der Waals surface area contributed by atoms with Crippen LogP contribution < -0.4 is 10.5 Å². The van der Waals surface area contributed by atoms with Gasteiger partial charge in [0.25, 0.3) is 0 Å². The first kappa shape index (κ1) is 14.9. The molecule has 20 heavy (non-hydrogen) atoms. The van der Waals surface area contributed by atoms with Crippen molar-refractivity contribution in [1.82, 2.24) is 9.55 Å². The first-order valence-corrected chi connectivity index (χ1v) is 7.52. The molecule has 0 bridgehead atoms. The Labute approximate surface area is 120 Å². The fraction of sp³-hybridized carbons (Fsp3) is 0.562. The average Bonchev–Trinajstić information content (AvgIpc) is 2.79. The van der Waals surface area contributed by atoms with E-state index in [9.17, 15) is 0 Å². The lowest BCUT2D eigenvalue weighted by Gasteiger charge is -2.10. The van der Waals surface area contributed by atoms with Crippen molar-refractivity contribution in [2.75, 3.05) is 6.61 Å². The number of rotatable bonds is 7. The minimum absolute atomic E-state index is 0.00681. The second-order valence-electron chi connectivity index (χ2n) is 5.28. The molecule has 1 atom stereocenters. The second-order valence-corrected chi connectivity index (χ2v) is 5.28. The summed E-state index contributed by atoms with van der Waals surface area (Å²) >= 11 is 0. The highest BCUT2D eigenvalue weighted by atomic mass is 16.5. The first-order valence-electron chi connectivity index (χ1n) is 7.52. The molecule has 0 radical (unpaired) electrons. The summed E-state index contributed by atoms with van der Waals surface area (Å²) < 4.78 is 7.75. The van der Waals surface area contributed by atoms with E-state index in [2.05, 4.69) is 24.5 Å². The summed E-state index contributed by atoms with van der Waals surface area (Å²) in [7, 11) is 2.03. The molecule has 0 aliphatic carbocycles. The van der Waals surface area contributed by atoms with Crippen molar-refractivity contribution in [3.05, 3.63) is 24.0 Å². The smallest absolute Gasteiger partial charge is 0.126 e. The number of fused-ring (bicyclic) bond motifs is 1. The molecule has 0 saturated carbocycles. The third-order valence-electron chi connectivity index (χ3n) is 3.56. The van der Waals surface area contributed by atoms with Gasteiger partial charge in [0, 0.05) is 13.1 Å². The van der Waals surface area contributed by atoms with Crippen molar-refractivity contribution < 1.29 is 4.74 Å². The van der Waals surface area contributed by atoms with Gasteiger partial charge in [0.2, 0.25) is 0 Å². The zero-order valence-electron chi connectivity index (χ0n) is 12.7. The summed E-state index contributed by atoms with van der Waals surface area (Å²) in [6.07, 6.45) is 4.28. The van der Waals surface area contributed by atoms with E-state index in [0.717, 1.165) is 54.9 Å². The molecule has 110 valence electrons. The molecule has 0 spiro atoms. The van der Waals surface area contributed by atoms with E-state index >= 15 is 0 Å². The Morgan fingerprint density at radius 1 is 1.30 bits per heavy atom. The predicted molar refractivity (Wildman–Crippen MR) is 83.0 cm³/mol. The Kier molecular flexibility index (Phi) is 5.01. The SMILES string of the molecule is CCCCC(N)c1nc2cc(OCCC)ccc2n1C. The van der Waals surface area contributed by atoms with Gasteiger partial charge in [-0.3, -0.25) is 0 Å². The Hall–Kier alpha value is -1.55. The Morgan fingerprint density at radius 2 is 2.10 bits per heavy atom. The highest BCUT2D eigenvalue weighted by Crippen LogP contribution is 2.25. The quantitative estimate of drug-likeness (QED) is 0.840. The van der Waals surface area contributed by atoms with Gasteiger partial charge >= 0.3 is 0 Å². The maximum Gasteiger partial charge on any atom is 0.126 e. The predicted octanol–water partition coefficient (Wildman–Crippen LogP) is 3.55. The third kappa shape index (κ3) is 3.12. The van der Waals surface area contributed by atoms with Gasteiger partial charge < -0.3 is 15.0 Å². The van der Waals surface area contributed by atoms with Crippen LogP contribution in [0.4, 0.5) is 0 Å². The summed E-state index contributed by atoms with van der Waals surface area (Å²) in [6.45, 7) is 5.02. The minimum Gasteiger partial charge on any atom is -0.494 e. The summed E-state index contributed by atoms with van der Waals surface area (Å²) in [5.41, 5.74) is 8.32. The van der Waals surface area contributed by atoms with Crippen LogP contribution in [-0.2, 0) is 7.05 Å². The molecule has 0 amide bonds. The van der Waals surface area contributed by atoms with Crippen LogP contribution in [-0.4, -0.2) is 16.2 Å². The van der Waals surface area contributed by atoms with E-state index in [-0.39, 0.29) is 6.04 Å². The van der Waals surface area contributed by atoms with E-state index in [0.29, 0.717) is 0 Å². The normalized spacial score (nSPS) is 12.8. The van der Waals surface area contributed by atoms with Gasteiger partial charge in [0.05, 0.1) is 23.7 Å². The first-order chi connectivity index (χ1) is 9.67. The molecular formula is C16H25N3O. The Bertz CT molecular complexity index is 562. The average molecular weight is 275 g/mol. The van der Waals surface area contributed by atoms with Crippen LogP contribution in [0.1, 0.15) is 51.4 Å². The van der Waals surface area contributed by atoms with Crippen LogP contribution in [0.3, 0.4) is 0 Å². The third-order valence-corrected chi connectivity index (χ3v) is 3.56. The van der Waals surface area contributed by atoms with Crippen LogP contribution in [0.5, 0.6) is 5.75 Å². The number of ether oxygens (including phenoxy) is 1. The summed E-state index contributed by atoms with van der Waals surface area (Å²) in [6, 6.07) is 6.07. The van der Waals surface area contributed by atoms with Gasteiger partial charge in [0.1, 0.15) is 11.6 Å². The molecule has 0 aliphatic rings. The Balaban J connectivity index is 2.26. The van der Waals surface area contributed by atoms with E-state index in [1.807, 2.05) is 19.2 Å². The van der Waals surface area contributed by atoms with E-state index in [1.165, 1.54) is 0 Å². The summed E-state index contributed by atoms with van der Waals surface area (Å²) in [5, 5.41) is 0. The highest BCUT2D eigenvalue weighted by molar-refractivity contribution is 5.77. The zero-order chi connectivity index (χ0) is 14.5. The maximum absolute atomic E-state index is 6.25. The number of aryl methyl sites for hydroxylation is 1. The number of benzene rings is 1. The maximum atomic E-state index is 6.25. The number of nitrogens with zero attached hydrogens (tertiary/aromatic N) is 2. The van der Waals surface area contributed by atoms with Crippen molar-refractivity contribution in [2.45, 2.75) is 45.6 Å². The van der Waals surface area contributed by atoms with E-state index in [4.69, 9.17) is 15.5 Å². The zero-order valence-corrected chi connectivity index (χ0v) is 12.7. The molecule has 2 rings (SSSR count). The van der Waals surface area contributed by atoms with E-state index in [1.54, 1.807) is 0 Å². The molecule has 2 aromatic rings. The molecule has 1 heterocycles. The van der Waals surface area contributed by atoms with Gasteiger partial charge in [-0.15, -0.1) is 0 Å². The molecule has 0 fully saturated rings. The molecule has 2 N–H and O–H groups in total. The van der Waals surface area contributed by atoms with Crippen LogP contribution in [0.2, 0.25) is 0 Å². The van der Waals surface area contributed by atoms with Crippen molar-refractivity contribution in [2.24, 2.45) is 12.8 Å². The summed E-state index contributed by atoms with van der Waals surface area (Å²) in [5.74, 6) is 1.84. The number of aromatic nitrogens is 2. The lowest BCUT2D eigenvalue weighted by Crippen LogP contribution is -2.15. The van der Waals surface area contributed by atoms with Gasteiger partial charge in [-0.25, -0.2) is 4.98 Å². The monoisotopic (exact) mass is 275 g/mol. The Morgan fingerprint density at radius 3 is 2.80 bits per heavy atom. The molecule has 0 saturated heterocycles. The number of imidazole rings is 1. The molecule has 4 heteroatoms. The van der Waals surface area contributed by atoms with Gasteiger partial charge in [0.15, 0.2) is 0 Å². The van der Waals surface area contributed by atoms with Crippen molar-refractivity contribution in [3.63, 3.8) is 0 Å². The second kappa shape index (κ2) is 6.75. The molecule has 1 unspecified atom stereocenters. The molecule has 0 aliphatic heterocycles. The molecule has 1 aromatic carbocycles. The van der Waals surface area contributed by atoms with Gasteiger partial charge in [-0.2, -0.15) is 0 Å². The van der Waals surface area contributed by atoms with Crippen LogP contribution in [0, 0.1) is 0 Å². The molecule has 4 nitrogen and oxygen atoms in total. The highest BCUT2D eigenvalue weighted by Gasteiger charge is 2.14. The number of nitrogens with two attached hydrogens (primary N) is 1. The number of hydrogen-bond donors (Lipinski definition) is 1. The summed E-state index contributed by atoms with van der Waals surface area (Å²) in [4.78, 5) is 4.69. The lowest BCUT2D eigenvalue weighted by molar-refractivity contribution is 0.318. The molecule has 1 aromatic heterocycles. The number of unbranched alkanes of at least 4 members (excludes halogenated alkanes) is 1. The minimum atomic E-state index is 0.00681. The van der Waals surface area contributed by atoms with Gasteiger partial charge in [-0.1, -0.05) is 26.7 Å². The van der Waals surface area contributed by atoms with Crippen LogP contribution in [0.25, 0.3) is 11.0 Å². The van der Waals surface area contributed by atoms with Crippen molar-refractivity contribution in [1.29, 1.82) is 0 Å². The fourth-order valence-corrected chi connectivity index (χ4v) is 2.39. The topological polar surface area (TPSA) is 53.1 Å². The van der Waals surface area contributed by atoms with Crippen molar-refractivity contribution >= 4 is 11.0 Å². The largest absolute Gasteiger partial charge is 0.494 e. The number of hydrogen-bond acceptors (Lipinski definition) is 3. The van der Waals surface area contributed by atoms with Crippen molar-refractivity contribution in [3.8, 4) is 5.75 Å². The van der Waals surface area contributed by atoms with Crippen LogP contribution in [0.15, 0.2) is 18.2 Å². The molecular weight excluding hydrogens is 250 g/mol. The lowest BCUT2D eigenvalue weighted by atomic mass is 10.1. The van der Waals surface area contributed by atoms with Gasteiger partial charge in [-0.05, 0) is 25.0 Å². The standard InChI is InChI=1S/C16H25N3O/c1-4-6-7-13(17)16-18-14-11-12(20-10-5-2)8-9-15(14)19(16)3/h8-9,11,13H,4-7,10,17H2,1-3H3. The van der Waals surface area contributed by atoms with Crippen LogP contribution >= 0.6 is 0 Å². The van der Waals surface area contributed by atoms with E-state index < -0.39 is 0 Å². The fourth-order valence-electron chi connectivity index (χ4n) is 2.39.